The summed E-state index contributed by atoms with van der Waals surface area (Å²) in [4.78, 5) is 19.2. The summed E-state index contributed by atoms with van der Waals surface area (Å²) in [6.07, 6.45) is -4.54. The van der Waals surface area contributed by atoms with Crippen molar-refractivity contribution in [1.29, 1.82) is 0 Å². The lowest BCUT2D eigenvalue weighted by Gasteiger charge is -2.11. The Labute approximate surface area is 200 Å². The molecule has 0 bridgehead atoms. The minimum Gasteiger partial charge on any atom is -0.493 e. The first-order valence-electron chi connectivity index (χ1n) is 10.1. The Balaban J connectivity index is 1.67. The molecule has 184 valence electrons. The number of nitrogens with one attached hydrogen (secondary N) is 1. The van der Waals surface area contributed by atoms with Gasteiger partial charge in [-0.1, -0.05) is 11.3 Å². The fraction of sp³-hybridized carbons (Fsp3) is 0.238. The number of fused-ring (bicyclic) bond motifs is 1. The van der Waals surface area contributed by atoms with Crippen molar-refractivity contribution in [3.05, 3.63) is 41.7 Å². The number of benzene rings is 1. The number of methoxy groups -OCH3 is 1. The van der Waals surface area contributed by atoms with Gasteiger partial charge in [-0.3, -0.25) is 0 Å². The van der Waals surface area contributed by atoms with Crippen LogP contribution >= 0.6 is 11.3 Å². The van der Waals surface area contributed by atoms with Crippen LogP contribution in [-0.2, 0) is 6.18 Å². The van der Waals surface area contributed by atoms with Crippen LogP contribution in [0.1, 0.15) is 11.3 Å². The molecule has 0 atom stereocenters. The highest BCUT2D eigenvalue weighted by Crippen LogP contribution is 2.38. The Bertz CT molecular complexity index is 1400. The van der Waals surface area contributed by atoms with Gasteiger partial charge in [0.1, 0.15) is 17.4 Å². The number of aryl methyl sites for hydroxylation is 1. The summed E-state index contributed by atoms with van der Waals surface area (Å²) in [7, 11) is 1.46. The molecule has 4 aromatic rings. The number of ether oxygens (including phenoxy) is 2. The summed E-state index contributed by atoms with van der Waals surface area (Å²) in [5, 5.41) is 15.9. The van der Waals surface area contributed by atoms with Crippen molar-refractivity contribution in [2.24, 2.45) is 0 Å². The first-order valence-corrected chi connectivity index (χ1v) is 10.9. The first kappa shape index (κ1) is 24.1. The van der Waals surface area contributed by atoms with E-state index in [9.17, 15) is 18.0 Å². The van der Waals surface area contributed by atoms with Crippen LogP contribution in [0.2, 0.25) is 0 Å². The van der Waals surface area contributed by atoms with Crippen molar-refractivity contribution in [2.45, 2.75) is 13.1 Å². The van der Waals surface area contributed by atoms with Crippen molar-refractivity contribution in [1.82, 2.24) is 24.9 Å². The maximum Gasteiger partial charge on any atom is 0.419 e. The van der Waals surface area contributed by atoms with Gasteiger partial charge in [0, 0.05) is 17.3 Å². The van der Waals surface area contributed by atoms with E-state index in [0.717, 1.165) is 6.07 Å². The minimum atomic E-state index is -4.65. The third-order valence-electron chi connectivity index (χ3n) is 4.92. The van der Waals surface area contributed by atoms with E-state index in [1.165, 1.54) is 29.2 Å². The van der Waals surface area contributed by atoms with Crippen LogP contribution in [0.25, 0.3) is 26.8 Å². The van der Waals surface area contributed by atoms with Gasteiger partial charge in [-0.2, -0.15) is 18.3 Å². The van der Waals surface area contributed by atoms with E-state index in [1.54, 1.807) is 25.1 Å². The summed E-state index contributed by atoms with van der Waals surface area (Å²) in [6, 6.07) is 6.02. The van der Waals surface area contributed by atoms with E-state index in [4.69, 9.17) is 20.3 Å². The molecule has 4 N–H and O–H groups in total. The van der Waals surface area contributed by atoms with Gasteiger partial charge in [-0.25, -0.2) is 19.3 Å². The zero-order chi connectivity index (χ0) is 25.3. The number of carbonyl (C=O) groups is 1. The Morgan fingerprint density at radius 1 is 1.26 bits per heavy atom. The van der Waals surface area contributed by atoms with Crippen molar-refractivity contribution >= 4 is 28.2 Å². The fourth-order valence-electron chi connectivity index (χ4n) is 3.37. The summed E-state index contributed by atoms with van der Waals surface area (Å²) in [6.45, 7) is 1.88. The molecular formula is C21H19F3N6O4S. The maximum absolute atomic E-state index is 13.3. The smallest absolute Gasteiger partial charge is 0.419 e. The number of aromatic nitrogens is 4. The van der Waals surface area contributed by atoms with Gasteiger partial charge < -0.3 is 25.6 Å². The second-order valence-corrected chi connectivity index (χ2v) is 8.20. The topological polar surface area (TPSA) is 137 Å². The number of imidazole rings is 1. The molecule has 0 fully saturated rings. The summed E-state index contributed by atoms with van der Waals surface area (Å²) < 4.78 is 52.4. The molecule has 0 spiro atoms. The molecule has 0 saturated carbocycles. The molecule has 0 aliphatic heterocycles. The Kier molecular flexibility index (Phi) is 6.39. The van der Waals surface area contributed by atoms with Gasteiger partial charge >= 0.3 is 12.3 Å². The lowest BCUT2D eigenvalue weighted by atomic mass is 10.1. The average molecular weight is 508 g/mol. The predicted octanol–water partition coefficient (Wildman–Crippen LogP) is 4.08. The standard InChI is InChI=1S/C21H19F3N6O4S/c1-10-16(12-7-13(21(22,23)24)17(25)27-9-12)30-19(28-10)35-18(29-30)11-3-4-14(15(8-11)33-2)34-6-5-26-20(31)32/h3-4,7-9,26H,5-6H2,1-2H3,(H2,25,27)(H,31,32). The fourth-order valence-corrected chi connectivity index (χ4v) is 4.31. The number of nitrogens with two attached hydrogens (primary N) is 1. The molecule has 0 unspecified atom stereocenters. The van der Waals surface area contributed by atoms with Crippen LogP contribution in [0.15, 0.2) is 30.5 Å². The maximum atomic E-state index is 13.3. The first-order chi connectivity index (χ1) is 16.6. The molecule has 14 heteroatoms. The van der Waals surface area contributed by atoms with Gasteiger partial charge in [0.2, 0.25) is 4.96 Å². The van der Waals surface area contributed by atoms with E-state index >= 15 is 0 Å². The summed E-state index contributed by atoms with van der Waals surface area (Å²) >= 11 is 1.24. The third-order valence-corrected chi connectivity index (χ3v) is 5.88. The van der Waals surface area contributed by atoms with Crippen LogP contribution in [0.5, 0.6) is 11.5 Å². The van der Waals surface area contributed by atoms with Crippen LogP contribution in [0.4, 0.5) is 23.8 Å². The molecule has 0 aliphatic carbocycles. The lowest BCUT2D eigenvalue weighted by molar-refractivity contribution is -0.137. The molecule has 0 radical (unpaired) electrons. The number of hydrogen-bond acceptors (Lipinski definition) is 8. The van der Waals surface area contributed by atoms with Crippen LogP contribution in [-0.4, -0.2) is 51.0 Å². The SMILES string of the molecule is COc1cc(-c2nn3c(-c4cnc(N)c(C(F)(F)F)c4)c(C)nc3s2)ccc1OCCNC(=O)O. The minimum absolute atomic E-state index is 0.0993. The average Bonchev–Trinajstić information content (AvgIpc) is 3.33. The number of carboxylic acid groups (broad SMARTS) is 1. The van der Waals surface area contributed by atoms with Crippen molar-refractivity contribution in [2.75, 3.05) is 26.0 Å². The summed E-state index contributed by atoms with van der Waals surface area (Å²) in [5.74, 6) is 0.209. The number of nitrogen functional groups attached to an aromatic ring is 1. The number of rotatable bonds is 7. The third kappa shape index (κ3) is 4.91. The van der Waals surface area contributed by atoms with Crippen LogP contribution in [0.3, 0.4) is 0 Å². The second-order valence-electron chi connectivity index (χ2n) is 7.25. The number of alkyl halides is 3. The monoisotopic (exact) mass is 508 g/mol. The Morgan fingerprint density at radius 3 is 2.71 bits per heavy atom. The highest BCUT2D eigenvalue weighted by Gasteiger charge is 2.34. The van der Waals surface area contributed by atoms with E-state index in [2.05, 4.69) is 20.4 Å². The highest BCUT2D eigenvalue weighted by molar-refractivity contribution is 7.19. The van der Waals surface area contributed by atoms with Crippen molar-refractivity contribution in [3.8, 4) is 33.3 Å². The normalized spacial score (nSPS) is 11.6. The van der Waals surface area contributed by atoms with Gasteiger partial charge in [0.05, 0.1) is 30.6 Å². The summed E-state index contributed by atoms with van der Waals surface area (Å²) in [5.41, 5.74) is 6.12. The molecule has 4 rings (SSSR count). The number of anilines is 1. The quantitative estimate of drug-likeness (QED) is 0.318. The number of halogens is 3. The van der Waals surface area contributed by atoms with Gasteiger partial charge in [0.25, 0.3) is 0 Å². The largest absolute Gasteiger partial charge is 0.493 e. The Hall–Kier alpha value is -4.07. The second kappa shape index (κ2) is 9.29. The van der Waals surface area contributed by atoms with Gasteiger partial charge in [0.15, 0.2) is 11.5 Å². The number of nitrogens with zero attached hydrogens (tertiary/aromatic N) is 4. The molecule has 1 aromatic carbocycles. The number of amides is 1. The van der Waals surface area contributed by atoms with E-state index in [-0.39, 0.29) is 18.7 Å². The Morgan fingerprint density at radius 2 is 2.03 bits per heavy atom. The number of pyridine rings is 1. The molecule has 10 nitrogen and oxygen atoms in total. The predicted molar refractivity (Wildman–Crippen MR) is 122 cm³/mol. The van der Waals surface area contributed by atoms with E-state index in [0.29, 0.717) is 38.4 Å². The molecular weight excluding hydrogens is 489 g/mol. The highest BCUT2D eigenvalue weighted by atomic mass is 32.1. The zero-order valence-electron chi connectivity index (χ0n) is 18.4. The van der Waals surface area contributed by atoms with Gasteiger partial charge in [-0.15, -0.1) is 0 Å². The lowest BCUT2D eigenvalue weighted by Crippen LogP contribution is -2.26. The zero-order valence-corrected chi connectivity index (χ0v) is 19.2. The van der Waals surface area contributed by atoms with Crippen LogP contribution in [0, 0.1) is 6.92 Å². The molecule has 1 amide bonds. The molecule has 35 heavy (non-hydrogen) atoms. The van der Waals surface area contributed by atoms with E-state index in [1.807, 2.05) is 0 Å². The molecule has 0 saturated heterocycles. The van der Waals surface area contributed by atoms with E-state index < -0.39 is 23.7 Å². The number of hydrogen-bond donors (Lipinski definition) is 3. The molecule has 3 aromatic heterocycles. The van der Waals surface area contributed by atoms with Crippen LogP contribution < -0.4 is 20.5 Å². The van der Waals surface area contributed by atoms with Crippen molar-refractivity contribution in [3.63, 3.8) is 0 Å². The van der Waals surface area contributed by atoms with Gasteiger partial charge in [-0.05, 0) is 31.2 Å². The molecule has 3 heterocycles. The molecule has 0 aliphatic rings. The van der Waals surface area contributed by atoms with Crippen molar-refractivity contribution < 1.29 is 32.5 Å².